The molecule has 0 unspecified atom stereocenters. The highest BCUT2D eigenvalue weighted by Gasteiger charge is 2.34. The van der Waals surface area contributed by atoms with Crippen LogP contribution in [0.4, 0.5) is 0 Å². The van der Waals surface area contributed by atoms with E-state index in [-0.39, 0.29) is 11.9 Å². The van der Waals surface area contributed by atoms with Gasteiger partial charge in [0.2, 0.25) is 5.91 Å². The van der Waals surface area contributed by atoms with Crippen LogP contribution in [0.2, 0.25) is 0 Å². The second-order valence-corrected chi connectivity index (χ2v) is 8.60. The fourth-order valence-corrected chi connectivity index (χ4v) is 4.94. The molecule has 0 radical (unpaired) electrons. The Kier molecular flexibility index (Phi) is 5.81. The van der Waals surface area contributed by atoms with Gasteiger partial charge in [0.05, 0.1) is 12.0 Å². The number of benzene rings is 1. The molecule has 0 bridgehead atoms. The molecule has 4 rings (SSSR count). The van der Waals surface area contributed by atoms with E-state index in [0.717, 1.165) is 19.6 Å². The zero-order valence-electron chi connectivity index (χ0n) is 17.1. The SMILES string of the molecule is CC(=O)N[C@@H]1CN(Cc2cncn2C2CCCCC2)C[C@H]1c1ccc(C)cc1. The van der Waals surface area contributed by atoms with Crippen LogP contribution in [0.3, 0.4) is 0 Å². The lowest BCUT2D eigenvalue weighted by Gasteiger charge is -2.26. The molecule has 5 heteroatoms. The highest BCUT2D eigenvalue weighted by molar-refractivity contribution is 5.73. The summed E-state index contributed by atoms with van der Waals surface area (Å²) in [4.78, 5) is 18.7. The lowest BCUT2D eigenvalue weighted by Crippen LogP contribution is -2.38. The minimum atomic E-state index is 0.0520. The first-order valence-corrected chi connectivity index (χ1v) is 10.7. The molecule has 1 aliphatic carbocycles. The Bertz CT molecular complexity index is 791. The number of amides is 1. The summed E-state index contributed by atoms with van der Waals surface area (Å²) in [7, 11) is 0. The molecule has 1 aromatic heterocycles. The molecule has 1 aromatic carbocycles. The monoisotopic (exact) mass is 380 g/mol. The number of hydrogen-bond acceptors (Lipinski definition) is 3. The van der Waals surface area contributed by atoms with Crippen molar-refractivity contribution in [2.24, 2.45) is 0 Å². The third-order valence-electron chi connectivity index (χ3n) is 6.39. The van der Waals surface area contributed by atoms with Gasteiger partial charge in [-0.3, -0.25) is 9.69 Å². The molecular formula is C23H32N4O. The Morgan fingerprint density at radius 3 is 2.61 bits per heavy atom. The molecule has 5 nitrogen and oxygen atoms in total. The molecule has 150 valence electrons. The van der Waals surface area contributed by atoms with E-state index in [9.17, 15) is 4.79 Å². The number of likely N-dealkylation sites (tertiary alicyclic amines) is 1. The normalized spacial score (nSPS) is 23.8. The van der Waals surface area contributed by atoms with E-state index in [1.807, 2.05) is 12.5 Å². The lowest BCUT2D eigenvalue weighted by atomic mass is 9.93. The van der Waals surface area contributed by atoms with Gasteiger partial charge in [-0.25, -0.2) is 4.98 Å². The number of nitrogens with one attached hydrogen (secondary N) is 1. The number of rotatable bonds is 5. The van der Waals surface area contributed by atoms with Crippen LogP contribution in [0.5, 0.6) is 0 Å². The van der Waals surface area contributed by atoms with Gasteiger partial charge in [0.25, 0.3) is 0 Å². The minimum absolute atomic E-state index is 0.0520. The molecule has 1 saturated heterocycles. The van der Waals surface area contributed by atoms with Crippen molar-refractivity contribution in [3.63, 3.8) is 0 Å². The summed E-state index contributed by atoms with van der Waals surface area (Å²) >= 11 is 0. The van der Waals surface area contributed by atoms with Crippen LogP contribution >= 0.6 is 0 Å². The maximum Gasteiger partial charge on any atom is 0.217 e. The summed E-state index contributed by atoms with van der Waals surface area (Å²) < 4.78 is 2.41. The minimum Gasteiger partial charge on any atom is -0.352 e. The van der Waals surface area contributed by atoms with Crippen LogP contribution < -0.4 is 5.32 Å². The summed E-state index contributed by atoms with van der Waals surface area (Å²) in [6.45, 7) is 6.47. The van der Waals surface area contributed by atoms with Crippen molar-refractivity contribution >= 4 is 5.91 Å². The second-order valence-electron chi connectivity index (χ2n) is 8.60. The van der Waals surface area contributed by atoms with Gasteiger partial charge in [-0.15, -0.1) is 0 Å². The molecule has 1 saturated carbocycles. The highest BCUT2D eigenvalue weighted by atomic mass is 16.1. The first kappa shape index (κ1) is 19.2. The van der Waals surface area contributed by atoms with Crippen LogP contribution in [0, 0.1) is 6.92 Å². The average molecular weight is 381 g/mol. The van der Waals surface area contributed by atoms with Crippen molar-refractivity contribution in [1.82, 2.24) is 19.8 Å². The third kappa shape index (κ3) is 4.30. The zero-order chi connectivity index (χ0) is 19.5. The fourth-order valence-electron chi connectivity index (χ4n) is 4.94. The van der Waals surface area contributed by atoms with Crippen LogP contribution in [0.25, 0.3) is 0 Å². The molecule has 1 amide bonds. The molecule has 2 atom stereocenters. The molecular weight excluding hydrogens is 348 g/mol. The van der Waals surface area contributed by atoms with Crippen molar-refractivity contribution in [3.8, 4) is 0 Å². The highest BCUT2D eigenvalue weighted by Crippen LogP contribution is 2.32. The molecule has 2 aliphatic rings. The van der Waals surface area contributed by atoms with E-state index >= 15 is 0 Å². The van der Waals surface area contributed by atoms with Gasteiger partial charge in [-0.05, 0) is 25.3 Å². The van der Waals surface area contributed by atoms with Gasteiger partial charge in [0.1, 0.15) is 0 Å². The van der Waals surface area contributed by atoms with E-state index in [1.54, 1.807) is 6.92 Å². The second kappa shape index (κ2) is 8.48. The molecule has 0 spiro atoms. The van der Waals surface area contributed by atoms with Gasteiger partial charge in [-0.1, -0.05) is 49.1 Å². The molecule has 2 heterocycles. The standard InChI is InChI=1S/C23H32N4O/c1-17-8-10-19(11-9-17)22-14-26(15-23(22)25-18(2)28)13-21-12-24-16-27(21)20-6-4-3-5-7-20/h8-12,16,20,22-23H,3-7,13-15H2,1-2H3,(H,25,28)/t22-,23+/m0/s1. The first-order chi connectivity index (χ1) is 13.6. The Hall–Kier alpha value is -2.14. The number of carbonyl (C=O) groups is 1. The smallest absolute Gasteiger partial charge is 0.217 e. The largest absolute Gasteiger partial charge is 0.352 e. The lowest BCUT2D eigenvalue weighted by molar-refractivity contribution is -0.119. The predicted octanol–water partition coefficient (Wildman–Crippen LogP) is 3.80. The van der Waals surface area contributed by atoms with E-state index in [4.69, 9.17) is 0 Å². The van der Waals surface area contributed by atoms with Crippen LogP contribution in [0.15, 0.2) is 36.8 Å². The first-order valence-electron chi connectivity index (χ1n) is 10.7. The third-order valence-corrected chi connectivity index (χ3v) is 6.39. The van der Waals surface area contributed by atoms with E-state index in [1.165, 1.54) is 48.9 Å². The number of carbonyl (C=O) groups excluding carboxylic acids is 1. The summed E-state index contributed by atoms with van der Waals surface area (Å²) in [6, 6.07) is 9.52. The van der Waals surface area contributed by atoms with Gasteiger partial charge in [0, 0.05) is 50.8 Å². The van der Waals surface area contributed by atoms with Crippen molar-refractivity contribution in [3.05, 3.63) is 53.6 Å². The van der Waals surface area contributed by atoms with Crippen LogP contribution in [-0.2, 0) is 11.3 Å². The Morgan fingerprint density at radius 1 is 1.14 bits per heavy atom. The van der Waals surface area contributed by atoms with Gasteiger partial charge >= 0.3 is 0 Å². The molecule has 2 fully saturated rings. The molecule has 1 aliphatic heterocycles. The number of nitrogens with zero attached hydrogens (tertiary/aromatic N) is 3. The Morgan fingerprint density at radius 2 is 1.89 bits per heavy atom. The van der Waals surface area contributed by atoms with Crippen molar-refractivity contribution in [1.29, 1.82) is 0 Å². The van der Waals surface area contributed by atoms with Crippen LogP contribution in [-0.4, -0.2) is 39.5 Å². The van der Waals surface area contributed by atoms with Gasteiger partial charge in [-0.2, -0.15) is 0 Å². The number of hydrogen-bond donors (Lipinski definition) is 1. The average Bonchev–Trinajstić information content (AvgIpc) is 3.30. The Labute approximate surface area is 168 Å². The van der Waals surface area contributed by atoms with Crippen molar-refractivity contribution < 1.29 is 4.79 Å². The van der Waals surface area contributed by atoms with E-state index < -0.39 is 0 Å². The maximum atomic E-state index is 11.8. The predicted molar refractivity (Wildman–Crippen MR) is 111 cm³/mol. The topological polar surface area (TPSA) is 50.2 Å². The summed E-state index contributed by atoms with van der Waals surface area (Å²) in [5, 5.41) is 3.19. The summed E-state index contributed by atoms with van der Waals surface area (Å²) in [5.41, 5.74) is 3.89. The fraction of sp³-hybridized carbons (Fsp3) is 0.565. The zero-order valence-corrected chi connectivity index (χ0v) is 17.1. The van der Waals surface area contributed by atoms with Gasteiger partial charge < -0.3 is 9.88 Å². The number of aromatic nitrogens is 2. The number of imidazole rings is 1. The molecule has 28 heavy (non-hydrogen) atoms. The van der Waals surface area contributed by atoms with Crippen molar-refractivity contribution in [2.75, 3.05) is 13.1 Å². The number of aryl methyl sites for hydroxylation is 1. The quantitative estimate of drug-likeness (QED) is 0.858. The summed E-state index contributed by atoms with van der Waals surface area (Å²) in [5.74, 6) is 0.381. The maximum absolute atomic E-state index is 11.8. The summed E-state index contributed by atoms with van der Waals surface area (Å²) in [6.07, 6.45) is 10.6. The Balaban J connectivity index is 1.49. The van der Waals surface area contributed by atoms with Crippen LogP contribution in [0.1, 0.15) is 67.8 Å². The molecule has 2 aromatic rings. The van der Waals surface area contributed by atoms with Gasteiger partial charge in [0.15, 0.2) is 0 Å². The molecule has 1 N–H and O–H groups in total. The van der Waals surface area contributed by atoms with Crippen molar-refractivity contribution in [2.45, 2.75) is 70.5 Å². The van der Waals surface area contributed by atoms with E-state index in [2.05, 4.69) is 51.0 Å². The van der Waals surface area contributed by atoms with E-state index in [0.29, 0.717) is 12.0 Å².